The lowest BCUT2D eigenvalue weighted by molar-refractivity contribution is 0.627. The van der Waals surface area contributed by atoms with E-state index in [1.54, 1.807) is 12.1 Å². The third-order valence-electron chi connectivity index (χ3n) is 2.21. The Kier molecular flexibility index (Phi) is 3.03. The molecule has 2 aromatic rings. The summed E-state index contributed by atoms with van der Waals surface area (Å²) in [6, 6.07) is 14.2. The van der Waals surface area contributed by atoms with E-state index in [0.29, 0.717) is 0 Å². The van der Waals surface area contributed by atoms with Crippen LogP contribution in [0, 0.1) is 24.6 Å². The zero-order valence-electron chi connectivity index (χ0n) is 9.00. The van der Waals surface area contributed by atoms with E-state index in [9.17, 15) is 4.39 Å². The van der Waals surface area contributed by atoms with E-state index in [4.69, 9.17) is 0 Å². The maximum absolute atomic E-state index is 12.7. The van der Waals surface area contributed by atoms with Crippen molar-refractivity contribution in [1.82, 2.24) is 0 Å². The van der Waals surface area contributed by atoms with Gasteiger partial charge in [0.05, 0.1) is 0 Å². The summed E-state index contributed by atoms with van der Waals surface area (Å²) in [5.41, 5.74) is 2.98. The van der Waals surface area contributed by atoms with Gasteiger partial charge in [0.2, 0.25) is 0 Å². The van der Waals surface area contributed by atoms with Crippen LogP contribution in [-0.4, -0.2) is 0 Å². The second-order valence-corrected chi connectivity index (χ2v) is 3.63. The third kappa shape index (κ3) is 2.71. The van der Waals surface area contributed by atoms with Gasteiger partial charge < -0.3 is 0 Å². The highest BCUT2D eigenvalue weighted by molar-refractivity contribution is 5.43. The van der Waals surface area contributed by atoms with Gasteiger partial charge in [0, 0.05) is 11.1 Å². The standard InChI is InChI=1S/C15H11F/c1-12-3-2-4-14(11-12)6-5-13-7-9-15(16)10-8-13/h2-4,7-11H,1H3. The van der Waals surface area contributed by atoms with Gasteiger partial charge >= 0.3 is 0 Å². The van der Waals surface area contributed by atoms with Crippen LogP contribution in [0.15, 0.2) is 48.5 Å². The van der Waals surface area contributed by atoms with Crippen molar-refractivity contribution < 1.29 is 4.39 Å². The van der Waals surface area contributed by atoms with E-state index < -0.39 is 0 Å². The Hall–Kier alpha value is -2.07. The molecule has 0 aliphatic rings. The molecule has 0 saturated carbocycles. The summed E-state index contributed by atoms with van der Waals surface area (Å²) < 4.78 is 12.7. The fourth-order valence-electron chi connectivity index (χ4n) is 1.40. The van der Waals surface area contributed by atoms with Gasteiger partial charge in [-0.2, -0.15) is 0 Å². The van der Waals surface area contributed by atoms with Crippen molar-refractivity contribution in [2.75, 3.05) is 0 Å². The molecule has 0 N–H and O–H groups in total. The second kappa shape index (κ2) is 4.63. The molecule has 0 bridgehead atoms. The first-order valence-electron chi connectivity index (χ1n) is 5.08. The topological polar surface area (TPSA) is 0 Å². The van der Waals surface area contributed by atoms with Crippen LogP contribution in [0.1, 0.15) is 16.7 Å². The van der Waals surface area contributed by atoms with Crippen molar-refractivity contribution in [3.05, 3.63) is 71.0 Å². The van der Waals surface area contributed by atoms with Crippen LogP contribution in [0.25, 0.3) is 0 Å². The number of aryl methyl sites for hydroxylation is 1. The van der Waals surface area contributed by atoms with Crippen LogP contribution in [0.4, 0.5) is 4.39 Å². The van der Waals surface area contributed by atoms with Crippen molar-refractivity contribution in [2.24, 2.45) is 0 Å². The van der Waals surface area contributed by atoms with E-state index >= 15 is 0 Å². The Morgan fingerprint density at radius 2 is 1.56 bits per heavy atom. The molecule has 0 aromatic heterocycles. The van der Waals surface area contributed by atoms with Gasteiger partial charge in [0.25, 0.3) is 0 Å². The van der Waals surface area contributed by atoms with Gasteiger partial charge in [-0.25, -0.2) is 4.39 Å². The zero-order chi connectivity index (χ0) is 11.4. The summed E-state index contributed by atoms with van der Waals surface area (Å²) >= 11 is 0. The van der Waals surface area contributed by atoms with Crippen molar-refractivity contribution in [2.45, 2.75) is 6.92 Å². The maximum atomic E-state index is 12.7. The molecule has 1 heteroatoms. The van der Waals surface area contributed by atoms with Gasteiger partial charge in [-0.3, -0.25) is 0 Å². The summed E-state index contributed by atoms with van der Waals surface area (Å²) in [7, 11) is 0. The van der Waals surface area contributed by atoms with Crippen LogP contribution >= 0.6 is 0 Å². The summed E-state index contributed by atoms with van der Waals surface area (Å²) in [6.45, 7) is 2.03. The molecule has 0 spiro atoms. The highest BCUT2D eigenvalue weighted by Gasteiger charge is 1.89. The number of rotatable bonds is 0. The van der Waals surface area contributed by atoms with Crippen LogP contribution < -0.4 is 0 Å². The normalized spacial score (nSPS) is 9.38. The molecule has 0 unspecified atom stereocenters. The molecule has 16 heavy (non-hydrogen) atoms. The second-order valence-electron chi connectivity index (χ2n) is 3.63. The molecule has 0 saturated heterocycles. The van der Waals surface area contributed by atoms with E-state index in [1.807, 2.05) is 31.2 Å². The van der Waals surface area contributed by atoms with Gasteiger partial charge in [-0.15, -0.1) is 0 Å². The highest BCUT2D eigenvalue weighted by atomic mass is 19.1. The molecular formula is C15H11F. The monoisotopic (exact) mass is 210 g/mol. The first-order valence-corrected chi connectivity index (χ1v) is 5.08. The van der Waals surface area contributed by atoms with E-state index in [-0.39, 0.29) is 5.82 Å². The third-order valence-corrected chi connectivity index (χ3v) is 2.21. The smallest absolute Gasteiger partial charge is 0.123 e. The van der Waals surface area contributed by atoms with Gasteiger partial charge in [-0.1, -0.05) is 24.0 Å². The molecule has 0 atom stereocenters. The van der Waals surface area contributed by atoms with Crippen molar-refractivity contribution in [1.29, 1.82) is 0 Å². The maximum Gasteiger partial charge on any atom is 0.123 e. The molecule has 0 amide bonds. The largest absolute Gasteiger partial charge is 0.207 e. The number of halogens is 1. The summed E-state index contributed by atoms with van der Waals surface area (Å²) in [4.78, 5) is 0. The first kappa shape index (κ1) is 10.4. The summed E-state index contributed by atoms with van der Waals surface area (Å²) in [5.74, 6) is 5.81. The lowest BCUT2D eigenvalue weighted by atomic mass is 10.1. The lowest BCUT2D eigenvalue weighted by Gasteiger charge is -1.93. The molecule has 0 aliphatic heterocycles. The Labute approximate surface area is 94.7 Å². The van der Waals surface area contributed by atoms with E-state index in [0.717, 1.165) is 11.1 Å². The van der Waals surface area contributed by atoms with Crippen LogP contribution in [0.2, 0.25) is 0 Å². The molecular weight excluding hydrogens is 199 g/mol. The average molecular weight is 210 g/mol. The molecule has 0 fully saturated rings. The van der Waals surface area contributed by atoms with Crippen molar-refractivity contribution in [3.63, 3.8) is 0 Å². The van der Waals surface area contributed by atoms with E-state index in [1.165, 1.54) is 17.7 Å². The molecule has 0 aliphatic carbocycles. The minimum Gasteiger partial charge on any atom is -0.207 e. The number of hydrogen-bond donors (Lipinski definition) is 0. The fourth-order valence-corrected chi connectivity index (χ4v) is 1.40. The van der Waals surface area contributed by atoms with Crippen molar-refractivity contribution >= 4 is 0 Å². The molecule has 0 heterocycles. The predicted molar refractivity (Wildman–Crippen MR) is 63.6 cm³/mol. The van der Waals surface area contributed by atoms with Gasteiger partial charge in [0.1, 0.15) is 5.82 Å². The summed E-state index contributed by atoms with van der Waals surface area (Å²) in [6.07, 6.45) is 0. The minimum absolute atomic E-state index is 0.235. The molecule has 0 radical (unpaired) electrons. The predicted octanol–water partition coefficient (Wildman–Crippen LogP) is 3.53. The molecule has 2 rings (SSSR count). The number of benzene rings is 2. The molecule has 78 valence electrons. The van der Waals surface area contributed by atoms with Crippen LogP contribution in [0.3, 0.4) is 0 Å². The molecule has 2 aromatic carbocycles. The number of hydrogen-bond acceptors (Lipinski definition) is 0. The Morgan fingerprint density at radius 3 is 2.25 bits per heavy atom. The Bertz CT molecular complexity index is 542. The molecule has 0 nitrogen and oxygen atoms in total. The lowest BCUT2D eigenvalue weighted by Crippen LogP contribution is -1.78. The van der Waals surface area contributed by atoms with E-state index in [2.05, 4.69) is 11.8 Å². The first-order chi connectivity index (χ1) is 7.74. The zero-order valence-corrected chi connectivity index (χ0v) is 9.00. The quantitative estimate of drug-likeness (QED) is 0.583. The van der Waals surface area contributed by atoms with Crippen LogP contribution in [0.5, 0.6) is 0 Å². The Morgan fingerprint density at radius 1 is 0.875 bits per heavy atom. The van der Waals surface area contributed by atoms with Gasteiger partial charge in [-0.05, 0) is 48.9 Å². The minimum atomic E-state index is -0.235. The van der Waals surface area contributed by atoms with Crippen LogP contribution in [-0.2, 0) is 0 Å². The Balaban J connectivity index is 2.25. The summed E-state index contributed by atoms with van der Waals surface area (Å²) in [5, 5.41) is 0. The van der Waals surface area contributed by atoms with Gasteiger partial charge in [0.15, 0.2) is 0 Å². The SMILES string of the molecule is Cc1cccc(C#Cc2ccc(F)cc2)c1. The van der Waals surface area contributed by atoms with Crippen molar-refractivity contribution in [3.8, 4) is 11.8 Å². The average Bonchev–Trinajstić information content (AvgIpc) is 2.28. The highest BCUT2D eigenvalue weighted by Crippen LogP contribution is 2.04. The fraction of sp³-hybridized carbons (Fsp3) is 0.0667.